The van der Waals surface area contributed by atoms with Gasteiger partial charge in [-0.05, 0) is 37.6 Å². The Morgan fingerprint density at radius 2 is 2.27 bits per heavy atom. The summed E-state index contributed by atoms with van der Waals surface area (Å²) >= 11 is 0. The minimum Gasteiger partial charge on any atom is -0.380 e. The van der Waals surface area contributed by atoms with E-state index in [0.717, 1.165) is 25.1 Å². The second kappa shape index (κ2) is 6.53. The molecule has 1 N–H and O–H groups in total. The summed E-state index contributed by atoms with van der Waals surface area (Å²) in [5, 5.41) is 3.26. The zero-order chi connectivity index (χ0) is 11.1. The molecule has 0 fully saturated rings. The van der Waals surface area contributed by atoms with Gasteiger partial charge in [0.1, 0.15) is 5.82 Å². The molecule has 1 aromatic carbocycles. The van der Waals surface area contributed by atoms with Crippen molar-refractivity contribution in [1.82, 2.24) is 5.32 Å². The van der Waals surface area contributed by atoms with Crippen molar-refractivity contribution in [2.75, 3.05) is 20.2 Å². The highest BCUT2D eigenvalue weighted by atomic mass is 19.1. The lowest BCUT2D eigenvalue weighted by atomic mass is 10.1. The first-order valence-electron chi connectivity index (χ1n) is 5.20. The zero-order valence-electron chi connectivity index (χ0n) is 9.29. The van der Waals surface area contributed by atoms with E-state index in [2.05, 4.69) is 5.32 Å². The van der Waals surface area contributed by atoms with Crippen LogP contribution < -0.4 is 5.32 Å². The maximum absolute atomic E-state index is 12.8. The fraction of sp³-hybridized carbons (Fsp3) is 0.500. The van der Waals surface area contributed by atoms with Crippen molar-refractivity contribution < 1.29 is 9.13 Å². The lowest BCUT2D eigenvalue weighted by Crippen LogP contribution is -2.27. The van der Waals surface area contributed by atoms with Gasteiger partial charge in [0.25, 0.3) is 0 Å². The molecule has 0 heterocycles. The second-order valence-electron chi connectivity index (χ2n) is 3.63. The van der Waals surface area contributed by atoms with E-state index in [1.807, 2.05) is 13.0 Å². The average Bonchev–Trinajstić information content (AvgIpc) is 2.24. The predicted molar refractivity (Wildman–Crippen MR) is 59.4 cm³/mol. The SMILES string of the molecule is COC(C)CNCCc1cccc(F)c1. The Labute approximate surface area is 90.4 Å². The third kappa shape index (κ3) is 4.91. The van der Waals surface area contributed by atoms with Crippen molar-refractivity contribution in [2.45, 2.75) is 19.4 Å². The predicted octanol–water partition coefficient (Wildman–Crippen LogP) is 1.99. The van der Waals surface area contributed by atoms with Crippen LogP contribution >= 0.6 is 0 Å². The minimum absolute atomic E-state index is 0.169. The van der Waals surface area contributed by atoms with Gasteiger partial charge in [0.05, 0.1) is 6.10 Å². The third-order valence-electron chi connectivity index (χ3n) is 2.31. The van der Waals surface area contributed by atoms with E-state index < -0.39 is 0 Å². The van der Waals surface area contributed by atoms with Gasteiger partial charge in [-0.15, -0.1) is 0 Å². The molecule has 0 bridgehead atoms. The van der Waals surface area contributed by atoms with Crippen LogP contribution in [0.15, 0.2) is 24.3 Å². The molecule has 2 nitrogen and oxygen atoms in total. The van der Waals surface area contributed by atoms with Crippen molar-refractivity contribution in [2.24, 2.45) is 0 Å². The normalized spacial score (nSPS) is 12.7. The number of hydrogen-bond donors (Lipinski definition) is 1. The van der Waals surface area contributed by atoms with Crippen molar-refractivity contribution in [3.63, 3.8) is 0 Å². The molecular formula is C12H18FNO. The number of ether oxygens (including phenoxy) is 1. The van der Waals surface area contributed by atoms with Crippen LogP contribution in [0.3, 0.4) is 0 Å². The first kappa shape index (κ1) is 12.1. The molecule has 0 saturated carbocycles. The Morgan fingerprint density at radius 3 is 2.93 bits per heavy atom. The number of hydrogen-bond acceptors (Lipinski definition) is 2. The van der Waals surface area contributed by atoms with Gasteiger partial charge in [-0.25, -0.2) is 4.39 Å². The standard InChI is InChI=1S/C12H18FNO/c1-10(15-2)9-14-7-6-11-4-3-5-12(13)8-11/h3-5,8,10,14H,6-7,9H2,1-2H3. The Kier molecular flexibility index (Phi) is 5.29. The van der Waals surface area contributed by atoms with Gasteiger partial charge in [0.2, 0.25) is 0 Å². The lowest BCUT2D eigenvalue weighted by Gasteiger charge is -2.10. The zero-order valence-corrected chi connectivity index (χ0v) is 9.29. The molecule has 0 saturated heterocycles. The molecule has 15 heavy (non-hydrogen) atoms. The summed E-state index contributed by atoms with van der Waals surface area (Å²) in [5.41, 5.74) is 1.02. The Bertz CT molecular complexity index is 291. The maximum Gasteiger partial charge on any atom is 0.123 e. The molecule has 1 aromatic rings. The summed E-state index contributed by atoms with van der Waals surface area (Å²) in [6.45, 7) is 3.68. The highest BCUT2D eigenvalue weighted by molar-refractivity contribution is 5.16. The molecule has 1 unspecified atom stereocenters. The monoisotopic (exact) mass is 211 g/mol. The summed E-state index contributed by atoms with van der Waals surface area (Å²) in [4.78, 5) is 0. The fourth-order valence-corrected chi connectivity index (χ4v) is 1.31. The molecule has 1 atom stereocenters. The fourth-order valence-electron chi connectivity index (χ4n) is 1.31. The summed E-state index contributed by atoms with van der Waals surface area (Å²) in [6, 6.07) is 6.71. The highest BCUT2D eigenvalue weighted by Crippen LogP contribution is 2.03. The second-order valence-corrected chi connectivity index (χ2v) is 3.63. The smallest absolute Gasteiger partial charge is 0.123 e. The van der Waals surface area contributed by atoms with Crippen molar-refractivity contribution in [1.29, 1.82) is 0 Å². The van der Waals surface area contributed by atoms with Gasteiger partial charge >= 0.3 is 0 Å². The van der Waals surface area contributed by atoms with Crippen LogP contribution in [-0.2, 0) is 11.2 Å². The van der Waals surface area contributed by atoms with E-state index in [0.29, 0.717) is 0 Å². The topological polar surface area (TPSA) is 21.3 Å². The molecular weight excluding hydrogens is 193 g/mol. The van der Waals surface area contributed by atoms with Crippen LogP contribution in [0.4, 0.5) is 4.39 Å². The van der Waals surface area contributed by atoms with Gasteiger partial charge in [0, 0.05) is 13.7 Å². The molecule has 0 amide bonds. The third-order valence-corrected chi connectivity index (χ3v) is 2.31. The van der Waals surface area contributed by atoms with E-state index in [1.54, 1.807) is 19.2 Å². The minimum atomic E-state index is -0.169. The van der Waals surface area contributed by atoms with Gasteiger partial charge in [-0.2, -0.15) is 0 Å². The van der Waals surface area contributed by atoms with E-state index in [4.69, 9.17) is 4.74 Å². The summed E-state index contributed by atoms with van der Waals surface area (Å²) < 4.78 is 17.9. The highest BCUT2D eigenvalue weighted by Gasteiger charge is 1.98. The van der Waals surface area contributed by atoms with Crippen LogP contribution in [0.25, 0.3) is 0 Å². The van der Waals surface area contributed by atoms with Crippen LogP contribution in [0, 0.1) is 5.82 Å². The summed E-state index contributed by atoms with van der Waals surface area (Å²) in [7, 11) is 1.69. The molecule has 0 aromatic heterocycles. The molecule has 3 heteroatoms. The Balaban J connectivity index is 2.20. The van der Waals surface area contributed by atoms with Crippen molar-refractivity contribution >= 4 is 0 Å². The van der Waals surface area contributed by atoms with Crippen LogP contribution in [-0.4, -0.2) is 26.3 Å². The summed E-state index contributed by atoms with van der Waals surface area (Å²) in [5.74, 6) is -0.169. The Hall–Kier alpha value is -0.930. The molecule has 0 spiro atoms. The first-order valence-corrected chi connectivity index (χ1v) is 5.20. The largest absolute Gasteiger partial charge is 0.380 e. The first-order chi connectivity index (χ1) is 7.22. The van der Waals surface area contributed by atoms with Gasteiger partial charge < -0.3 is 10.1 Å². The van der Waals surface area contributed by atoms with E-state index >= 15 is 0 Å². The van der Waals surface area contributed by atoms with Crippen LogP contribution in [0.2, 0.25) is 0 Å². The average molecular weight is 211 g/mol. The van der Waals surface area contributed by atoms with E-state index in [1.165, 1.54) is 6.07 Å². The number of methoxy groups -OCH3 is 1. The number of benzene rings is 1. The maximum atomic E-state index is 12.8. The van der Waals surface area contributed by atoms with Gasteiger partial charge in [-0.1, -0.05) is 12.1 Å². The van der Waals surface area contributed by atoms with Crippen LogP contribution in [0.1, 0.15) is 12.5 Å². The van der Waals surface area contributed by atoms with Crippen molar-refractivity contribution in [3.8, 4) is 0 Å². The molecule has 0 radical (unpaired) electrons. The molecule has 84 valence electrons. The molecule has 0 aliphatic rings. The van der Waals surface area contributed by atoms with Gasteiger partial charge in [0.15, 0.2) is 0 Å². The van der Waals surface area contributed by atoms with E-state index in [9.17, 15) is 4.39 Å². The van der Waals surface area contributed by atoms with Gasteiger partial charge in [-0.3, -0.25) is 0 Å². The van der Waals surface area contributed by atoms with E-state index in [-0.39, 0.29) is 11.9 Å². The molecule has 0 aliphatic heterocycles. The number of rotatable bonds is 6. The molecule has 1 rings (SSSR count). The molecule has 0 aliphatic carbocycles. The quantitative estimate of drug-likeness (QED) is 0.727. The Morgan fingerprint density at radius 1 is 1.47 bits per heavy atom. The van der Waals surface area contributed by atoms with Crippen LogP contribution in [0.5, 0.6) is 0 Å². The number of halogens is 1. The number of nitrogens with one attached hydrogen (secondary N) is 1. The van der Waals surface area contributed by atoms with Crippen molar-refractivity contribution in [3.05, 3.63) is 35.6 Å². The lowest BCUT2D eigenvalue weighted by molar-refractivity contribution is 0.117. The summed E-state index contributed by atoms with van der Waals surface area (Å²) in [6.07, 6.45) is 1.06.